The summed E-state index contributed by atoms with van der Waals surface area (Å²) in [6.07, 6.45) is 0. The van der Waals surface area contributed by atoms with Gasteiger partial charge in [-0.2, -0.15) is 11.8 Å². The Morgan fingerprint density at radius 2 is 1.79 bits per heavy atom. The predicted octanol–water partition coefficient (Wildman–Crippen LogP) is 3.46. The van der Waals surface area contributed by atoms with E-state index < -0.39 is 11.5 Å². The van der Waals surface area contributed by atoms with Gasteiger partial charge in [-0.1, -0.05) is 48.5 Å². The van der Waals surface area contributed by atoms with Gasteiger partial charge in [0.05, 0.1) is 0 Å². The Morgan fingerprint density at radius 1 is 1.04 bits per heavy atom. The topological polar surface area (TPSA) is 59.3 Å². The second kappa shape index (κ2) is 7.84. The average Bonchev–Trinajstić information content (AvgIpc) is 2.61. The zero-order valence-corrected chi connectivity index (χ0v) is 13.8. The molecule has 0 aliphatic carbocycles. The lowest BCUT2D eigenvalue weighted by Crippen LogP contribution is -2.30. The van der Waals surface area contributed by atoms with E-state index >= 15 is 0 Å². The fourth-order valence-corrected chi connectivity index (χ4v) is 3.14. The molecule has 0 radical (unpaired) electrons. The summed E-state index contributed by atoms with van der Waals surface area (Å²) in [7, 11) is 0. The fraction of sp³-hybridized carbons (Fsp3) is 0.158. The Labute approximate surface area is 143 Å². The van der Waals surface area contributed by atoms with Gasteiger partial charge in [0.25, 0.3) is 5.91 Å². The molecule has 1 amide bonds. The maximum Gasteiger partial charge on any atom is 0.349 e. The van der Waals surface area contributed by atoms with Gasteiger partial charge in [0.1, 0.15) is 11.1 Å². The van der Waals surface area contributed by atoms with Crippen LogP contribution in [0.25, 0.3) is 11.0 Å². The average molecular weight is 339 g/mol. The summed E-state index contributed by atoms with van der Waals surface area (Å²) in [5.41, 5.74) is 1.17. The number of hydrogen-bond donors (Lipinski definition) is 1. The van der Waals surface area contributed by atoms with E-state index in [1.165, 1.54) is 5.56 Å². The van der Waals surface area contributed by atoms with Crippen molar-refractivity contribution in [1.82, 2.24) is 5.32 Å². The van der Waals surface area contributed by atoms with Crippen LogP contribution in [0.1, 0.15) is 15.9 Å². The molecule has 0 aliphatic rings. The van der Waals surface area contributed by atoms with Crippen molar-refractivity contribution < 1.29 is 9.21 Å². The molecule has 1 heterocycles. The largest absolute Gasteiger partial charge is 0.422 e. The molecular weight excluding hydrogens is 322 g/mol. The van der Waals surface area contributed by atoms with E-state index in [9.17, 15) is 9.59 Å². The van der Waals surface area contributed by atoms with Crippen LogP contribution in [0.5, 0.6) is 0 Å². The van der Waals surface area contributed by atoms with Crippen LogP contribution < -0.4 is 10.9 Å². The molecule has 0 unspecified atom stereocenters. The summed E-state index contributed by atoms with van der Waals surface area (Å²) in [5, 5.41) is 3.51. The first-order valence-electron chi connectivity index (χ1n) is 7.67. The molecule has 5 heteroatoms. The van der Waals surface area contributed by atoms with Crippen molar-refractivity contribution in [1.29, 1.82) is 0 Å². The van der Waals surface area contributed by atoms with E-state index in [-0.39, 0.29) is 5.56 Å². The standard InChI is InChI=1S/C19H17NO3S/c21-18(20-10-11-24-13-14-6-2-1-3-7-14)16-12-15-8-4-5-9-17(15)23-19(16)22/h1-9,12H,10-11,13H2,(H,20,21). The summed E-state index contributed by atoms with van der Waals surface area (Å²) in [6.45, 7) is 0.503. The van der Waals surface area contributed by atoms with E-state index in [0.717, 1.165) is 16.9 Å². The van der Waals surface area contributed by atoms with Crippen LogP contribution in [0.3, 0.4) is 0 Å². The van der Waals surface area contributed by atoms with Gasteiger partial charge in [-0.3, -0.25) is 4.79 Å². The third-order valence-corrected chi connectivity index (χ3v) is 4.56. The van der Waals surface area contributed by atoms with Gasteiger partial charge in [0, 0.05) is 23.4 Å². The highest BCUT2D eigenvalue weighted by atomic mass is 32.2. The number of hydrogen-bond acceptors (Lipinski definition) is 4. The molecule has 0 aliphatic heterocycles. The Hall–Kier alpha value is -2.53. The van der Waals surface area contributed by atoms with Crippen molar-refractivity contribution in [2.75, 3.05) is 12.3 Å². The predicted molar refractivity (Wildman–Crippen MR) is 97.4 cm³/mol. The highest BCUT2D eigenvalue weighted by molar-refractivity contribution is 7.98. The zero-order chi connectivity index (χ0) is 16.8. The third-order valence-electron chi connectivity index (χ3n) is 3.53. The Kier molecular flexibility index (Phi) is 5.33. The van der Waals surface area contributed by atoms with Crippen LogP contribution in [-0.4, -0.2) is 18.2 Å². The van der Waals surface area contributed by atoms with Gasteiger partial charge >= 0.3 is 5.63 Å². The highest BCUT2D eigenvalue weighted by Gasteiger charge is 2.12. The SMILES string of the molecule is O=C(NCCSCc1ccccc1)c1cc2ccccc2oc1=O. The minimum absolute atomic E-state index is 0.0433. The van der Waals surface area contributed by atoms with E-state index in [1.54, 1.807) is 30.0 Å². The molecule has 1 N–H and O–H groups in total. The lowest BCUT2D eigenvalue weighted by Gasteiger charge is -2.05. The quantitative estimate of drug-likeness (QED) is 0.552. The lowest BCUT2D eigenvalue weighted by molar-refractivity contribution is 0.0952. The minimum atomic E-state index is -0.608. The van der Waals surface area contributed by atoms with Crippen LogP contribution in [0, 0.1) is 0 Å². The van der Waals surface area contributed by atoms with Crippen LogP contribution in [-0.2, 0) is 5.75 Å². The van der Waals surface area contributed by atoms with Crippen LogP contribution in [0.4, 0.5) is 0 Å². The highest BCUT2D eigenvalue weighted by Crippen LogP contribution is 2.13. The molecular formula is C19H17NO3S. The normalized spacial score (nSPS) is 10.7. The number of rotatable bonds is 6. The number of para-hydroxylation sites is 1. The van der Waals surface area contributed by atoms with E-state index in [4.69, 9.17) is 4.42 Å². The van der Waals surface area contributed by atoms with Gasteiger partial charge in [0.15, 0.2) is 0 Å². The van der Waals surface area contributed by atoms with Crippen molar-refractivity contribution >= 4 is 28.6 Å². The van der Waals surface area contributed by atoms with Crippen molar-refractivity contribution in [3.63, 3.8) is 0 Å². The lowest BCUT2D eigenvalue weighted by atomic mass is 10.2. The molecule has 4 nitrogen and oxygen atoms in total. The number of benzene rings is 2. The molecule has 0 atom stereocenters. The zero-order valence-electron chi connectivity index (χ0n) is 13.0. The minimum Gasteiger partial charge on any atom is -0.422 e. The first-order chi connectivity index (χ1) is 11.7. The molecule has 3 rings (SSSR count). The maximum atomic E-state index is 12.2. The Morgan fingerprint density at radius 3 is 2.62 bits per heavy atom. The number of amides is 1. The Balaban J connectivity index is 1.53. The fourth-order valence-electron chi connectivity index (χ4n) is 2.32. The van der Waals surface area contributed by atoms with Gasteiger partial charge in [-0.15, -0.1) is 0 Å². The third kappa shape index (κ3) is 4.06. The molecule has 0 saturated heterocycles. The summed E-state index contributed by atoms with van der Waals surface area (Å²) in [4.78, 5) is 24.1. The Bertz CT molecular complexity index is 890. The van der Waals surface area contributed by atoms with Crippen molar-refractivity contribution in [3.05, 3.63) is 82.2 Å². The molecule has 0 bridgehead atoms. The maximum absolute atomic E-state index is 12.2. The number of nitrogens with one attached hydrogen (secondary N) is 1. The number of carbonyl (C=O) groups excluding carboxylic acids is 1. The van der Waals surface area contributed by atoms with Crippen molar-refractivity contribution in [3.8, 4) is 0 Å². The summed E-state index contributed by atoms with van der Waals surface area (Å²) in [5.74, 6) is 1.28. The summed E-state index contributed by atoms with van der Waals surface area (Å²) >= 11 is 1.73. The second-order valence-electron chi connectivity index (χ2n) is 5.28. The molecule has 2 aromatic carbocycles. The smallest absolute Gasteiger partial charge is 0.349 e. The molecule has 24 heavy (non-hydrogen) atoms. The van der Waals surface area contributed by atoms with Crippen molar-refractivity contribution in [2.45, 2.75) is 5.75 Å². The second-order valence-corrected chi connectivity index (χ2v) is 6.38. The molecule has 122 valence electrons. The summed E-state index contributed by atoms with van der Waals surface area (Å²) in [6, 6.07) is 18.9. The monoisotopic (exact) mass is 339 g/mol. The molecule has 0 spiro atoms. The van der Waals surface area contributed by atoms with E-state index in [1.807, 2.05) is 30.3 Å². The van der Waals surface area contributed by atoms with Gasteiger partial charge in [0.2, 0.25) is 0 Å². The number of thioether (sulfide) groups is 1. The van der Waals surface area contributed by atoms with Gasteiger partial charge < -0.3 is 9.73 Å². The molecule has 0 saturated carbocycles. The first-order valence-corrected chi connectivity index (χ1v) is 8.82. The first kappa shape index (κ1) is 16.3. The molecule has 0 fully saturated rings. The van der Waals surface area contributed by atoms with E-state index in [2.05, 4.69) is 17.4 Å². The van der Waals surface area contributed by atoms with Crippen LogP contribution in [0.15, 0.2) is 69.9 Å². The molecule has 3 aromatic rings. The van der Waals surface area contributed by atoms with Crippen molar-refractivity contribution in [2.24, 2.45) is 0 Å². The van der Waals surface area contributed by atoms with E-state index in [0.29, 0.717) is 12.1 Å². The van der Waals surface area contributed by atoms with Crippen LogP contribution >= 0.6 is 11.8 Å². The van der Waals surface area contributed by atoms with Gasteiger partial charge in [-0.25, -0.2) is 4.79 Å². The van der Waals surface area contributed by atoms with Crippen LogP contribution in [0.2, 0.25) is 0 Å². The molecule has 1 aromatic heterocycles. The number of fused-ring (bicyclic) bond motifs is 1. The summed E-state index contributed by atoms with van der Waals surface area (Å²) < 4.78 is 5.18. The van der Waals surface area contributed by atoms with Gasteiger partial charge in [-0.05, 0) is 17.7 Å². The number of carbonyl (C=O) groups is 1.